The zero-order valence-corrected chi connectivity index (χ0v) is 15.5. The number of nitrogens with zero attached hydrogens (tertiary/aromatic N) is 5. The van der Waals surface area contributed by atoms with Crippen molar-refractivity contribution in [1.82, 2.24) is 24.3 Å². The molecule has 4 heterocycles. The van der Waals surface area contributed by atoms with E-state index in [1.807, 2.05) is 30.3 Å². The second-order valence-electron chi connectivity index (χ2n) is 6.20. The number of pyridine rings is 1. The van der Waals surface area contributed by atoms with Gasteiger partial charge >= 0.3 is 0 Å². The highest BCUT2D eigenvalue weighted by atomic mass is 35.5. The summed E-state index contributed by atoms with van der Waals surface area (Å²) in [6, 6.07) is 13.9. The predicted molar refractivity (Wildman–Crippen MR) is 104 cm³/mol. The Morgan fingerprint density at radius 2 is 1.88 bits per heavy atom. The van der Waals surface area contributed by atoms with E-state index >= 15 is 0 Å². The first-order chi connectivity index (χ1) is 12.2. The number of fused-ring (bicyclic) bond motifs is 5. The summed E-state index contributed by atoms with van der Waals surface area (Å²) >= 11 is 6.30. The SMILES string of the molecule is Cc1cc2n(c1)Cc1ccc(Cl)cc1-n1c(-c3ccccn3)nnc1-2.Cl. The van der Waals surface area contributed by atoms with Crippen LogP contribution in [-0.4, -0.2) is 24.3 Å². The average molecular weight is 384 g/mol. The molecule has 0 radical (unpaired) electrons. The molecule has 1 aliphatic rings. The second-order valence-corrected chi connectivity index (χ2v) is 6.64. The summed E-state index contributed by atoms with van der Waals surface area (Å²) in [4.78, 5) is 4.45. The van der Waals surface area contributed by atoms with E-state index in [9.17, 15) is 0 Å². The number of halogens is 2. The van der Waals surface area contributed by atoms with Gasteiger partial charge in [0.1, 0.15) is 5.69 Å². The van der Waals surface area contributed by atoms with E-state index in [0.29, 0.717) is 10.8 Å². The first-order valence-electron chi connectivity index (χ1n) is 8.03. The molecule has 0 saturated carbocycles. The summed E-state index contributed by atoms with van der Waals surface area (Å²) in [7, 11) is 0. The molecule has 4 aromatic rings. The molecule has 0 amide bonds. The third kappa shape index (κ3) is 2.52. The maximum Gasteiger partial charge on any atom is 0.187 e. The highest BCUT2D eigenvalue weighted by Gasteiger charge is 2.25. The number of aromatic nitrogens is 5. The molecular weight excluding hydrogens is 369 g/mol. The van der Waals surface area contributed by atoms with Gasteiger partial charge in [0.25, 0.3) is 0 Å². The number of hydrogen-bond donors (Lipinski definition) is 0. The van der Waals surface area contributed by atoms with Gasteiger partial charge < -0.3 is 4.57 Å². The average Bonchev–Trinajstić information content (AvgIpc) is 3.18. The fourth-order valence-electron chi connectivity index (χ4n) is 3.38. The molecule has 0 saturated heterocycles. The Morgan fingerprint density at radius 3 is 2.69 bits per heavy atom. The van der Waals surface area contributed by atoms with Gasteiger partial charge in [0.15, 0.2) is 11.6 Å². The zero-order chi connectivity index (χ0) is 17.0. The lowest BCUT2D eigenvalue weighted by Crippen LogP contribution is -2.03. The Balaban J connectivity index is 0.00000168. The van der Waals surface area contributed by atoms with Gasteiger partial charge in [-0.2, -0.15) is 0 Å². The molecule has 0 unspecified atom stereocenters. The first kappa shape index (κ1) is 16.8. The van der Waals surface area contributed by atoms with Crippen LogP contribution in [0.5, 0.6) is 0 Å². The van der Waals surface area contributed by atoms with Crippen LogP contribution < -0.4 is 0 Å². The Morgan fingerprint density at radius 1 is 1.04 bits per heavy atom. The zero-order valence-electron chi connectivity index (χ0n) is 13.9. The summed E-state index contributed by atoms with van der Waals surface area (Å²) in [5, 5.41) is 9.61. The second kappa shape index (κ2) is 6.27. The van der Waals surface area contributed by atoms with Crippen LogP contribution >= 0.6 is 24.0 Å². The molecule has 0 atom stereocenters. The van der Waals surface area contributed by atoms with Crippen molar-refractivity contribution < 1.29 is 0 Å². The van der Waals surface area contributed by atoms with Crippen LogP contribution in [0, 0.1) is 6.92 Å². The largest absolute Gasteiger partial charge is 0.340 e. The number of benzene rings is 1. The summed E-state index contributed by atoms with van der Waals surface area (Å²) in [5.74, 6) is 1.51. The normalized spacial score (nSPS) is 11.8. The van der Waals surface area contributed by atoms with Crippen LogP contribution in [0.4, 0.5) is 0 Å². The maximum absolute atomic E-state index is 6.30. The van der Waals surface area contributed by atoms with Gasteiger partial charge in [-0.25, -0.2) is 0 Å². The molecule has 1 aromatic carbocycles. The molecule has 130 valence electrons. The minimum absolute atomic E-state index is 0. The molecule has 1 aliphatic heterocycles. The van der Waals surface area contributed by atoms with Crippen molar-refractivity contribution in [3.05, 3.63) is 71.0 Å². The van der Waals surface area contributed by atoms with Gasteiger partial charge in [0.2, 0.25) is 0 Å². The molecule has 26 heavy (non-hydrogen) atoms. The Kier molecular flexibility index (Phi) is 4.05. The quantitative estimate of drug-likeness (QED) is 0.426. The topological polar surface area (TPSA) is 48.5 Å². The van der Waals surface area contributed by atoms with Crippen LogP contribution in [0.25, 0.3) is 28.7 Å². The summed E-state index contributed by atoms with van der Waals surface area (Å²) in [5.41, 5.74) is 5.18. The van der Waals surface area contributed by atoms with Crippen LogP contribution in [0.1, 0.15) is 11.1 Å². The van der Waals surface area contributed by atoms with E-state index in [2.05, 4.69) is 49.6 Å². The summed E-state index contributed by atoms with van der Waals surface area (Å²) in [6.45, 7) is 2.85. The monoisotopic (exact) mass is 383 g/mol. The van der Waals surface area contributed by atoms with Crippen LogP contribution in [0.15, 0.2) is 54.9 Å². The Bertz CT molecular complexity index is 1100. The molecule has 5 nitrogen and oxygen atoms in total. The molecule has 0 N–H and O–H groups in total. The van der Waals surface area contributed by atoms with Crippen molar-refractivity contribution in [2.24, 2.45) is 0 Å². The number of hydrogen-bond acceptors (Lipinski definition) is 3. The number of aryl methyl sites for hydroxylation is 1. The van der Waals surface area contributed by atoms with Gasteiger partial charge in [0, 0.05) is 24.0 Å². The van der Waals surface area contributed by atoms with Crippen LogP contribution in [-0.2, 0) is 6.54 Å². The lowest BCUT2D eigenvalue weighted by Gasteiger charge is -2.11. The van der Waals surface area contributed by atoms with Crippen molar-refractivity contribution in [2.45, 2.75) is 13.5 Å². The molecule has 0 bridgehead atoms. The Labute approximate surface area is 161 Å². The van der Waals surface area contributed by atoms with E-state index in [1.54, 1.807) is 6.20 Å². The predicted octanol–water partition coefficient (Wildman–Crippen LogP) is 4.54. The molecule has 0 fully saturated rings. The van der Waals surface area contributed by atoms with Crippen molar-refractivity contribution >= 4 is 24.0 Å². The lowest BCUT2D eigenvalue weighted by atomic mass is 10.1. The van der Waals surface area contributed by atoms with Crippen molar-refractivity contribution in [3.8, 4) is 28.7 Å². The fraction of sp³-hybridized carbons (Fsp3) is 0.105. The Hall–Kier alpha value is -2.63. The van der Waals surface area contributed by atoms with Crippen molar-refractivity contribution in [3.63, 3.8) is 0 Å². The number of rotatable bonds is 1. The van der Waals surface area contributed by atoms with E-state index in [4.69, 9.17) is 11.6 Å². The molecular formula is C19H15Cl2N5. The molecule has 7 heteroatoms. The van der Waals surface area contributed by atoms with Gasteiger partial charge in [-0.05, 0) is 48.4 Å². The summed E-state index contributed by atoms with van der Waals surface area (Å²) in [6.07, 6.45) is 3.90. The van der Waals surface area contributed by atoms with Gasteiger partial charge in [-0.1, -0.05) is 23.7 Å². The third-order valence-corrected chi connectivity index (χ3v) is 4.68. The van der Waals surface area contributed by atoms with Gasteiger partial charge in [-0.3, -0.25) is 9.55 Å². The minimum Gasteiger partial charge on any atom is -0.340 e. The standard InChI is InChI=1S/C19H14ClN5.ClH/c1-12-8-17-19-23-22-18(15-4-2-3-7-21-15)25(19)16-9-14(20)6-5-13(16)11-24(17)10-12;/h2-10H,11H2,1H3;1H. The van der Waals surface area contributed by atoms with Crippen LogP contribution in [0.3, 0.4) is 0 Å². The van der Waals surface area contributed by atoms with Gasteiger partial charge in [-0.15, -0.1) is 22.6 Å². The molecule has 0 spiro atoms. The lowest BCUT2D eigenvalue weighted by molar-refractivity contribution is 0.814. The molecule has 3 aromatic heterocycles. The smallest absolute Gasteiger partial charge is 0.187 e. The first-order valence-corrected chi connectivity index (χ1v) is 8.41. The minimum atomic E-state index is 0. The van der Waals surface area contributed by atoms with Crippen molar-refractivity contribution in [2.75, 3.05) is 0 Å². The van der Waals surface area contributed by atoms with E-state index in [0.717, 1.165) is 35.0 Å². The highest BCUT2D eigenvalue weighted by molar-refractivity contribution is 6.30. The van der Waals surface area contributed by atoms with E-state index in [-0.39, 0.29) is 12.4 Å². The third-order valence-electron chi connectivity index (χ3n) is 4.45. The molecule has 0 aliphatic carbocycles. The molecule has 5 rings (SSSR count). The van der Waals surface area contributed by atoms with E-state index < -0.39 is 0 Å². The van der Waals surface area contributed by atoms with E-state index in [1.165, 1.54) is 5.56 Å². The fourth-order valence-corrected chi connectivity index (χ4v) is 3.54. The maximum atomic E-state index is 6.30. The van der Waals surface area contributed by atoms with Crippen LogP contribution in [0.2, 0.25) is 5.02 Å². The van der Waals surface area contributed by atoms with Gasteiger partial charge in [0.05, 0.1) is 11.4 Å². The highest BCUT2D eigenvalue weighted by Crippen LogP contribution is 2.35. The van der Waals surface area contributed by atoms with Crippen molar-refractivity contribution in [1.29, 1.82) is 0 Å². The summed E-state index contributed by atoms with van der Waals surface area (Å²) < 4.78 is 4.26.